The molecule has 2 aromatic rings. The predicted molar refractivity (Wildman–Crippen MR) is 85.6 cm³/mol. The molecule has 1 aromatic carbocycles. The number of rotatable bonds is 7. The second-order valence-corrected chi connectivity index (χ2v) is 6.28. The van der Waals surface area contributed by atoms with Crippen molar-refractivity contribution in [1.29, 1.82) is 0 Å². The fourth-order valence-electron chi connectivity index (χ4n) is 2.19. The first-order valence-corrected chi connectivity index (χ1v) is 8.35. The summed E-state index contributed by atoms with van der Waals surface area (Å²) in [5.74, 6) is 0. The van der Waals surface area contributed by atoms with Gasteiger partial charge < -0.3 is 5.32 Å². The van der Waals surface area contributed by atoms with Crippen molar-refractivity contribution in [3.8, 4) is 0 Å². The average molecular weight is 326 g/mol. The SMILES string of the molecule is CCNCCCCCc1csc2c(Br)cccc12. The zero-order chi connectivity index (χ0) is 12.8. The Morgan fingerprint density at radius 3 is 2.94 bits per heavy atom. The Kier molecular flexibility index (Phi) is 5.67. The molecule has 1 N–H and O–H groups in total. The molecule has 1 heterocycles. The Morgan fingerprint density at radius 2 is 2.11 bits per heavy atom. The molecule has 3 heteroatoms. The van der Waals surface area contributed by atoms with Crippen molar-refractivity contribution in [2.24, 2.45) is 0 Å². The molecule has 0 aliphatic rings. The number of aryl methyl sites for hydroxylation is 1. The van der Waals surface area contributed by atoms with E-state index in [-0.39, 0.29) is 0 Å². The third-order valence-electron chi connectivity index (χ3n) is 3.18. The van der Waals surface area contributed by atoms with Gasteiger partial charge in [0.05, 0.1) is 0 Å². The number of fused-ring (bicyclic) bond motifs is 1. The highest BCUT2D eigenvalue weighted by Gasteiger charge is 2.05. The summed E-state index contributed by atoms with van der Waals surface area (Å²) in [7, 11) is 0. The van der Waals surface area contributed by atoms with Crippen molar-refractivity contribution >= 4 is 37.4 Å². The van der Waals surface area contributed by atoms with Crippen molar-refractivity contribution < 1.29 is 0 Å². The molecule has 0 unspecified atom stereocenters. The summed E-state index contributed by atoms with van der Waals surface area (Å²) in [6.45, 7) is 4.41. The summed E-state index contributed by atoms with van der Waals surface area (Å²) in [4.78, 5) is 0. The van der Waals surface area contributed by atoms with Gasteiger partial charge in [0.2, 0.25) is 0 Å². The minimum atomic E-state index is 1.09. The molecule has 0 spiro atoms. The largest absolute Gasteiger partial charge is 0.317 e. The maximum absolute atomic E-state index is 3.62. The number of benzene rings is 1. The second-order valence-electron chi connectivity index (χ2n) is 4.54. The Balaban J connectivity index is 1.86. The summed E-state index contributed by atoms with van der Waals surface area (Å²) in [5, 5.41) is 7.13. The van der Waals surface area contributed by atoms with Gasteiger partial charge >= 0.3 is 0 Å². The first-order valence-electron chi connectivity index (χ1n) is 6.68. The van der Waals surface area contributed by atoms with Gasteiger partial charge in [-0.2, -0.15) is 0 Å². The van der Waals surface area contributed by atoms with Crippen molar-refractivity contribution in [3.05, 3.63) is 33.6 Å². The summed E-state index contributed by atoms with van der Waals surface area (Å²) in [6, 6.07) is 6.50. The topological polar surface area (TPSA) is 12.0 Å². The maximum atomic E-state index is 3.62. The molecule has 0 aliphatic heterocycles. The summed E-state index contributed by atoms with van der Waals surface area (Å²) >= 11 is 5.48. The third-order valence-corrected chi connectivity index (χ3v) is 5.18. The van der Waals surface area contributed by atoms with E-state index in [2.05, 4.69) is 51.7 Å². The van der Waals surface area contributed by atoms with Crippen LogP contribution in [-0.2, 0) is 6.42 Å². The molecule has 0 atom stereocenters. The van der Waals surface area contributed by atoms with E-state index < -0.39 is 0 Å². The fourth-order valence-corrected chi connectivity index (χ4v) is 3.85. The van der Waals surface area contributed by atoms with Gasteiger partial charge in [0, 0.05) is 9.17 Å². The van der Waals surface area contributed by atoms with Gasteiger partial charge in [0.1, 0.15) is 0 Å². The van der Waals surface area contributed by atoms with Gasteiger partial charge in [-0.25, -0.2) is 0 Å². The number of halogens is 1. The van der Waals surface area contributed by atoms with Crippen LogP contribution >= 0.6 is 27.3 Å². The lowest BCUT2D eigenvalue weighted by molar-refractivity contribution is 0.617. The van der Waals surface area contributed by atoms with Crippen molar-refractivity contribution in [3.63, 3.8) is 0 Å². The minimum Gasteiger partial charge on any atom is -0.317 e. The highest BCUT2D eigenvalue weighted by molar-refractivity contribution is 9.10. The molecule has 0 saturated heterocycles. The second kappa shape index (κ2) is 7.27. The summed E-state index contributed by atoms with van der Waals surface area (Å²) < 4.78 is 2.61. The van der Waals surface area contributed by atoms with E-state index in [0.717, 1.165) is 13.1 Å². The monoisotopic (exact) mass is 325 g/mol. The van der Waals surface area contributed by atoms with E-state index in [4.69, 9.17) is 0 Å². The van der Waals surface area contributed by atoms with Gasteiger partial charge in [-0.1, -0.05) is 25.5 Å². The maximum Gasteiger partial charge on any atom is 0.0487 e. The number of nitrogens with one attached hydrogen (secondary N) is 1. The Morgan fingerprint density at radius 1 is 1.22 bits per heavy atom. The first-order chi connectivity index (χ1) is 8.83. The van der Waals surface area contributed by atoms with Gasteiger partial charge in [-0.05, 0) is 70.7 Å². The molecule has 2 rings (SSSR count). The molecule has 1 nitrogen and oxygen atoms in total. The van der Waals surface area contributed by atoms with Crippen LogP contribution in [0.5, 0.6) is 0 Å². The lowest BCUT2D eigenvalue weighted by atomic mass is 10.1. The molecule has 0 aliphatic carbocycles. The third kappa shape index (κ3) is 3.56. The van der Waals surface area contributed by atoms with Crippen LogP contribution in [0.2, 0.25) is 0 Å². The average Bonchev–Trinajstić information content (AvgIpc) is 2.79. The van der Waals surface area contributed by atoms with E-state index in [1.54, 1.807) is 0 Å². The number of hydrogen-bond acceptors (Lipinski definition) is 2. The van der Waals surface area contributed by atoms with Crippen LogP contribution < -0.4 is 5.32 Å². The predicted octanol–water partition coefficient (Wildman–Crippen LogP) is 4.99. The van der Waals surface area contributed by atoms with Gasteiger partial charge in [-0.3, -0.25) is 0 Å². The first kappa shape index (κ1) is 14.0. The van der Waals surface area contributed by atoms with E-state index in [1.165, 1.54) is 45.8 Å². The molecule has 0 fully saturated rings. The Labute approximate surface area is 122 Å². The molecule has 0 amide bonds. The van der Waals surface area contributed by atoms with Crippen molar-refractivity contribution in [2.45, 2.75) is 32.6 Å². The van der Waals surface area contributed by atoms with Crippen molar-refractivity contribution in [2.75, 3.05) is 13.1 Å². The van der Waals surface area contributed by atoms with Gasteiger partial charge in [0.15, 0.2) is 0 Å². The number of hydrogen-bond donors (Lipinski definition) is 1. The molecule has 0 bridgehead atoms. The quantitative estimate of drug-likeness (QED) is 0.707. The van der Waals surface area contributed by atoms with Crippen molar-refractivity contribution in [1.82, 2.24) is 5.32 Å². The van der Waals surface area contributed by atoms with Crippen LogP contribution in [0.1, 0.15) is 31.7 Å². The summed E-state index contributed by atoms with van der Waals surface area (Å²) in [6.07, 6.45) is 5.12. The molecule has 1 aromatic heterocycles. The molecule has 98 valence electrons. The Hall–Kier alpha value is -0.380. The smallest absolute Gasteiger partial charge is 0.0487 e. The highest BCUT2D eigenvalue weighted by Crippen LogP contribution is 2.32. The van der Waals surface area contributed by atoms with E-state index >= 15 is 0 Å². The lowest BCUT2D eigenvalue weighted by Crippen LogP contribution is -2.13. The normalized spacial score (nSPS) is 11.2. The van der Waals surface area contributed by atoms with Crippen LogP contribution in [0.15, 0.2) is 28.1 Å². The van der Waals surface area contributed by atoms with Crippen LogP contribution in [0, 0.1) is 0 Å². The number of unbranched alkanes of at least 4 members (excludes halogenated alkanes) is 2. The standard InChI is InChI=1S/C15H20BrNS/c1-2-17-10-5-3-4-7-12-11-18-15-13(12)8-6-9-14(15)16/h6,8-9,11,17H,2-5,7,10H2,1H3. The molecular weight excluding hydrogens is 306 g/mol. The minimum absolute atomic E-state index is 1.09. The van der Waals surface area contributed by atoms with E-state index in [0.29, 0.717) is 0 Å². The van der Waals surface area contributed by atoms with E-state index in [1.807, 2.05) is 11.3 Å². The molecule has 0 saturated carbocycles. The zero-order valence-corrected chi connectivity index (χ0v) is 13.2. The highest BCUT2D eigenvalue weighted by atomic mass is 79.9. The fraction of sp³-hybridized carbons (Fsp3) is 0.467. The van der Waals surface area contributed by atoms with Crippen LogP contribution in [-0.4, -0.2) is 13.1 Å². The number of thiophene rings is 1. The Bertz CT molecular complexity index is 492. The van der Waals surface area contributed by atoms with Gasteiger partial charge in [0.25, 0.3) is 0 Å². The lowest BCUT2D eigenvalue weighted by Gasteiger charge is -2.02. The van der Waals surface area contributed by atoms with E-state index in [9.17, 15) is 0 Å². The molecular formula is C15H20BrNS. The molecule has 0 radical (unpaired) electrons. The zero-order valence-electron chi connectivity index (χ0n) is 10.8. The van der Waals surface area contributed by atoms with Crippen LogP contribution in [0.25, 0.3) is 10.1 Å². The van der Waals surface area contributed by atoms with Gasteiger partial charge in [-0.15, -0.1) is 11.3 Å². The summed E-state index contributed by atoms with van der Waals surface area (Å²) in [5.41, 5.74) is 1.51. The molecule has 18 heavy (non-hydrogen) atoms. The van der Waals surface area contributed by atoms with Crippen LogP contribution in [0.3, 0.4) is 0 Å². The van der Waals surface area contributed by atoms with Crippen LogP contribution in [0.4, 0.5) is 0 Å².